The highest BCUT2D eigenvalue weighted by atomic mass is 16.7. The van der Waals surface area contributed by atoms with Crippen molar-refractivity contribution in [1.82, 2.24) is 0 Å². The highest BCUT2D eigenvalue weighted by molar-refractivity contribution is 5.03. The molecule has 0 aromatic carbocycles. The normalized spacial score (nSPS) is 44.8. The molecule has 0 aromatic heterocycles. The van der Waals surface area contributed by atoms with Crippen LogP contribution in [0.4, 0.5) is 0 Å². The first kappa shape index (κ1) is 8.48. The Balaban J connectivity index is 2.02. The number of hydrogen-bond acceptors (Lipinski definition) is 3. The third-order valence-corrected chi connectivity index (χ3v) is 3.01. The molecule has 2 rings (SSSR count). The molecule has 1 saturated carbocycles. The van der Waals surface area contributed by atoms with Crippen LogP contribution in [0.25, 0.3) is 0 Å². The minimum atomic E-state index is -0.463. The molecule has 2 aliphatic rings. The van der Waals surface area contributed by atoms with Crippen molar-refractivity contribution in [3.8, 4) is 0 Å². The van der Waals surface area contributed by atoms with E-state index in [1.165, 1.54) is 0 Å². The van der Waals surface area contributed by atoms with E-state index in [-0.39, 0.29) is 12.0 Å². The SMILES string of the molecule is CC1(C)OC[C@H]2C[C@@]2(CO)CO1. The highest BCUT2D eigenvalue weighted by Crippen LogP contribution is 2.54. The molecule has 1 aliphatic carbocycles. The summed E-state index contributed by atoms with van der Waals surface area (Å²) in [5.74, 6) is 0.0551. The molecule has 1 saturated heterocycles. The summed E-state index contributed by atoms with van der Waals surface area (Å²) < 4.78 is 11.1. The van der Waals surface area contributed by atoms with Gasteiger partial charge >= 0.3 is 0 Å². The minimum Gasteiger partial charge on any atom is -0.396 e. The van der Waals surface area contributed by atoms with Crippen molar-refractivity contribution in [2.24, 2.45) is 11.3 Å². The highest BCUT2D eigenvalue weighted by Gasteiger charge is 2.56. The Morgan fingerprint density at radius 3 is 2.83 bits per heavy atom. The van der Waals surface area contributed by atoms with Crippen molar-refractivity contribution in [2.75, 3.05) is 19.8 Å². The van der Waals surface area contributed by atoms with Crippen LogP contribution in [0.3, 0.4) is 0 Å². The Bertz CT molecular complexity index is 190. The molecule has 0 aromatic rings. The van der Waals surface area contributed by atoms with Crippen molar-refractivity contribution in [3.05, 3.63) is 0 Å². The summed E-state index contributed by atoms with van der Waals surface area (Å²) >= 11 is 0. The molecule has 0 unspecified atom stereocenters. The van der Waals surface area contributed by atoms with E-state index in [9.17, 15) is 0 Å². The quantitative estimate of drug-likeness (QED) is 0.635. The Hall–Kier alpha value is -0.120. The van der Waals surface area contributed by atoms with Gasteiger partial charge in [0.15, 0.2) is 5.79 Å². The molecular formula is C9H16O3. The Morgan fingerprint density at radius 1 is 1.42 bits per heavy atom. The van der Waals surface area contributed by atoms with Crippen LogP contribution in [0.2, 0.25) is 0 Å². The molecule has 0 spiro atoms. The predicted octanol–water partition coefficient (Wildman–Crippen LogP) is 0.768. The lowest BCUT2D eigenvalue weighted by Crippen LogP contribution is -2.29. The lowest BCUT2D eigenvalue weighted by Gasteiger charge is -2.24. The van der Waals surface area contributed by atoms with Gasteiger partial charge in [0, 0.05) is 5.41 Å². The number of rotatable bonds is 1. The van der Waals surface area contributed by atoms with E-state index in [4.69, 9.17) is 14.6 Å². The van der Waals surface area contributed by atoms with Crippen LogP contribution < -0.4 is 0 Å². The third-order valence-electron chi connectivity index (χ3n) is 3.01. The van der Waals surface area contributed by atoms with E-state index >= 15 is 0 Å². The second kappa shape index (κ2) is 2.44. The van der Waals surface area contributed by atoms with Crippen LogP contribution in [0, 0.1) is 11.3 Å². The van der Waals surface area contributed by atoms with Gasteiger partial charge in [0.2, 0.25) is 0 Å². The second-order valence-corrected chi connectivity index (χ2v) is 4.42. The molecule has 1 heterocycles. The van der Waals surface area contributed by atoms with Gasteiger partial charge in [0.05, 0.1) is 19.8 Å². The number of aliphatic hydroxyl groups is 1. The van der Waals surface area contributed by atoms with Gasteiger partial charge in [-0.25, -0.2) is 0 Å². The number of fused-ring (bicyclic) bond motifs is 1. The second-order valence-electron chi connectivity index (χ2n) is 4.42. The van der Waals surface area contributed by atoms with Crippen molar-refractivity contribution in [1.29, 1.82) is 0 Å². The third kappa shape index (κ3) is 1.26. The van der Waals surface area contributed by atoms with E-state index in [1.54, 1.807) is 0 Å². The molecule has 0 bridgehead atoms. The van der Waals surface area contributed by atoms with Crippen LogP contribution in [0.1, 0.15) is 20.3 Å². The maximum Gasteiger partial charge on any atom is 0.162 e. The van der Waals surface area contributed by atoms with E-state index in [2.05, 4.69) is 0 Å². The summed E-state index contributed by atoms with van der Waals surface area (Å²) in [6, 6.07) is 0. The summed E-state index contributed by atoms with van der Waals surface area (Å²) in [5, 5.41) is 9.15. The van der Waals surface area contributed by atoms with Crippen molar-refractivity contribution < 1.29 is 14.6 Å². The molecule has 3 heteroatoms. The van der Waals surface area contributed by atoms with Crippen LogP contribution in [0.15, 0.2) is 0 Å². The molecule has 70 valence electrons. The van der Waals surface area contributed by atoms with Crippen molar-refractivity contribution in [2.45, 2.75) is 26.1 Å². The van der Waals surface area contributed by atoms with Gasteiger partial charge in [-0.3, -0.25) is 0 Å². The molecule has 1 aliphatic heterocycles. The Morgan fingerprint density at radius 2 is 2.17 bits per heavy atom. The maximum atomic E-state index is 9.15. The predicted molar refractivity (Wildman–Crippen MR) is 43.6 cm³/mol. The zero-order valence-electron chi connectivity index (χ0n) is 7.67. The zero-order chi connectivity index (χ0) is 8.82. The fraction of sp³-hybridized carbons (Fsp3) is 1.00. The Kier molecular flexibility index (Phi) is 1.72. The average molecular weight is 172 g/mol. The van der Waals surface area contributed by atoms with Gasteiger partial charge in [-0.05, 0) is 26.2 Å². The number of aliphatic hydroxyl groups excluding tert-OH is 1. The van der Waals surface area contributed by atoms with Crippen molar-refractivity contribution in [3.63, 3.8) is 0 Å². The smallest absolute Gasteiger partial charge is 0.162 e. The van der Waals surface area contributed by atoms with Gasteiger partial charge in [0.1, 0.15) is 0 Å². The van der Waals surface area contributed by atoms with Gasteiger partial charge in [-0.1, -0.05) is 0 Å². The van der Waals surface area contributed by atoms with Gasteiger partial charge < -0.3 is 14.6 Å². The topological polar surface area (TPSA) is 38.7 Å². The first-order valence-electron chi connectivity index (χ1n) is 4.47. The van der Waals surface area contributed by atoms with Crippen LogP contribution in [0.5, 0.6) is 0 Å². The first-order chi connectivity index (χ1) is 5.58. The molecular weight excluding hydrogens is 156 g/mol. The lowest BCUT2D eigenvalue weighted by molar-refractivity contribution is -0.209. The molecule has 12 heavy (non-hydrogen) atoms. The van der Waals surface area contributed by atoms with Gasteiger partial charge in [-0.15, -0.1) is 0 Å². The summed E-state index contributed by atoms with van der Waals surface area (Å²) in [6.45, 7) is 5.44. The maximum absolute atomic E-state index is 9.15. The fourth-order valence-electron chi connectivity index (χ4n) is 1.74. The molecule has 3 nitrogen and oxygen atoms in total. The zero-order valence-corrected chi connectivity index (χ0v) is 7.67. The summed E-state index contributed by atoms with van der Waals surface area (Å²) in [7, 11) is 0. The largest absolute Gasteiger partial charge is 0.396 e. The molecule has 0 radical (unpaired) electrons. The summed E-state index contributed by atoms with van der Waals surface area (Å²) in [5.41, 5.74) is 0.0355. The summed E-state index contributed by atoms with van der Waals surface area (Å²) in [6.07, 6.45) is 1.06. The fourth-order valence-corrected chi connectivity index (χ4v) is 1.74. The number of hydrogen-bond donors (Lipinski definition) is 1. The van der Waals surface area contributed by atoms with Crippen molar-refractivity contribution >= 4 is 0 Å². The van der Waals surface area contributed by atoms with E-state index in [0.717, 1.165) is 13.0 Å². The first-order valence-corrected chi connectivity index (χ1v) is 4.47. The van der Waals surface area contributed by atoms with Crippen LogP contribution in [-0.2, 0) is 9.47 Å². The van der Waals surface area contributed by atoms with E-state index in [0.29, 0.717) is 12.5 Å². The molecule has 0 amide bonds. The minimum absolute atomic E-state index is 0.0355. The molecule has 2 fully saturated rings. The molecule has 1 N–H and O–H groups in total. The van der Waals surface area contributed by atoms with E-state index < -0.39 is 5.79 Å². The van der Waals surface area contributed by atoms with Gasteiger partial charge in [0.25, 0.3) is 0 Å². The molecule has 2 atom stereocenters. The van der Waals surface area contributed by atoms with Crippen LogP contribution in [-0.4, -0.2) is 30.7 Å². The standard InChI is InChI=1S/C9H16O3/c1-8(2)11-4-7-3-9(7,5-10)6-12-8/h7,10H,3-6H2,1-2H3/t7-,9-/m1/s1. The monoisotopic (exact) mass is 172 g/mol. The average Bonchev–Trinajstić information content (AvgIpc) is 2.73. The lowest BCUT2D eigenvalue weighted by atomic mass is 10.1. The Labute approximate surface area is 72.7 Å². The summed E-state index contributed by atoms with van der Waals surface area (Å²) in [4.78, 5) is 0. The van der Waals surface area contributed by atoms with Crippen LogP contribution >= 0.6 is 0 Å². The van der Waals surface area contributed by atoms with E-state index in [1.807, 2.05) is 13.8 Å². The number of ether oxygens (including phenoxy) is 2. The van der Waals surface area contributed by atoms with Gasteiger partial charge in [-0.2, -0.15) is 0 Å².